The molecule has 0 saturated heterocycles. The highest BCUT2D eigenvalue weighted by Crippen LogP contribution is 2.25. The Balaban J connectivity index is 1.79. The van der Waals surface area contributed by atoms with Crippen LogP contribution >= 0.6 is 11.3 Å². The molecule has 0 unspecified atom stereocenters. The maximum Gasteiger partial charge on any atom is 0.467 e. The van der Waals surface area contributed by atoms with Gasteiger partial charge in [0.25, 0.3) is 25.0 Å². The van der Waals surface area contributed by atoms with Gasteiger partial charge in [-0.1, -0.05) is 0 Å². The minimum Gasteiger partial charge on any atom is -0.739 e. The lowest BCUT2D eigenvalue weighted by Crippen LogP contribution is -2.43. The van der Waals surface area contributed by atoms with Gasteiger partial charge in [-0.05, 0) is 47.8 Å². The van der Waals surface area contributed by atoms with Gasteiger partial charge >= 0.3 is 5.95 Å². The van der Waals surface area contributed by atoms with Crippen LogP contribution in [0.1, 0.15) is 17.5 Å². The van der Waals surface area contributed by atoms with Crippen LogP contribution in [0.25, 0.3) is 11.0 Å². The molecule has 0 amide bonds. The van der Waals surface area contributed by atoms with E-state index in [4.69, 9.17) is 5.14 Å². The third kappa shape index (κ3) is 2.71. The Labute approximate surface area is 145 Å². The maximum atomic E-state index is 12.5. The number of nitrogens with one attached hydrogen (secondary N) is 1. The van der Waals surface area contributed by atoms with Crippen LogP contribution < -0.4 is 20.0 Å². The summed E-state index contributed by atoms with van der Waals surface area (Å²) >= 11 is 0.625. The molecule has 13 heteroatoms. The number of nitrogens with two attached hydrogens (primary N) is 1. The minimum absolute atomic E-state index is 0.0263. The summed E-state index contributed by atoms with van der Waals surface area (Å²) < 4.78 is 22.5. The highest BCUT2D eigenvalue weighted by molar-refractivity contribution is 7.91. The Morgan fingerprint density at radius 1 is 1.16 bits per heavy atom. The van der Waals surface area contributed by atoms with Gasteiger partial charge in [0.2, 0.25) is 5.10 Å². The second-order valence-electron chi connectivity index (χ2n) is 5.50. The molecular formula is C12H11N7O4S2. The van der Waals surface area contributed by atoms with Crippen LogP contribution in [-0.4, -0.2) is 23.7 Å². The smallest absolute Gasteiger partial charge is 0.467 e. The van der Waals surface area contributed by atoms with E-state index in [1.54, 1.807) is 12.1 Å². The van der Waals surface area contributed by atoms with E-state index in [0.717, 1.165) is 30.4 Å². The molecule has 1 aliphatic carbocycles. The number of benzene rings is 1. The number of aromatic nitrogens is 5. The lowest BCUT2D eigenvalue weighted by Gasteiger charge is -2.10. The van der Waals surface area contributed by atoms with E-state index in [2.05, 4.69) is 20.6 Å². The molecule has 1 aliphatic rings. The number of hydrogen-bond donors (Lipinski definition) is 2. The Hall–Kier alpha value is -2.64. The van der Waals surface area contributed by atoms with E-state index >= 15 is 0 Å². The standard InChI is InChI=1S/C12H11N7O4S2/c13-25(22,23)12-16-15-11(24-12)14-10-17-19(21)9-5-7-3-1-2-6(7)4-8(9)18(10)20/h4-5H,1-3H2,(H2,13,22,23)(H,14,15,17). The number of nitrogens with zero attached hydrogens (tertiary/aromatic N) is 5. The number of primary sulfonamides is 1. The summed E-state index contributed by atoms with van der Waals surface area (Å²) in [6.45, 7) is 0. The predicted octanol–water partition coefficient (Wildman–Crippen LogP) is -0.767. The molecule has 0 fully saturated rings. The SMILES string of the molecule is NS(=O)(=O)c1nnc(Nc2n[n+]([O-])c3cc4c(cc3[n+]2[O-])CCC4)s1. The van der Waals surface area contributed by atoms with Crippen molar-refractivity contribution in [1.29, 1.82) is 0 Å². The van der Waals surface area contributed by atoms with Gasteiger partial charge in [-0.3, -0.25) is 0 Å². The molecule has 0 saturated carbocycles. The van der Waals surface area contributed by atoms with Crippen molar-refractivity contribution in [1.82, 2.24) is 15.3 Å². The van der Waals surface area contributed by atoms with E-state index in [9.17, 15) is 18.8 Å². The lowest BCUT2D eigenvalue weighted by molar-refractivity contribution is -0.672. The Kier molecular flexibility index (Phi) is 3.45. The van der Waals surface area contributed by atoms with Crippen LogP contribution in [-0.2, 0) is 22.9 Å². The minimum atomic E-state index is -4.00. The summed E-state index contributed by atoms with van der Waals surface area (Å²) in [5.41, 5.74) is 2.41. The van der Waals surface area contributed by atoms with Crippen molar-refractivity contribution in [3.63, 3.8) is 0 Å². The molecule has 0 spiro atoms. The second-order valence-corrected chi connectivity index (χ2v) is 8.21. The van der Waals surface area contributed by atoms with E-state index < -0.39 is 14.4 Å². The Morgan fingerprint density at radius 2 is 1.84 bits per heavy atom. The van der Waals surface area contributed by atoms with Crippen molar-refractivity contribution in [3.8, 4) is 0 Å². The zero-order chi connectivity index (χ0) is 17.8. The lowest BCUT2D eigenvalue weighted by atomic mass is 10.1. The fourth-order valence-electron chi connectivity index (χ4n) is 2.76. The molecule has 2 aromatic heterocycles. The summed E-state index contributed by atoms with van der Waals surface area (Å²) in [6, 6.07) is 3.36. The molecule has 1 aromatic carbocycles. The van der Waals surface area contributed by atoms with Gasteiger partial charge in [0, 0.05) is 10.9 Å². The quantitative estimate of drug-likeness (QED) is 0.441. The van der Waals surface area contributed by atoms with Crippen molar-refractivity contribution in [2.24, 2.45) is 5.14 Å². The van der Waals surface area contributed by atoms with Crippen LogP contribution in [0.4, 0.5) is 11.1 Å². The first-order valence-electron chi connectivity index (χ1n) is 7.15. The molecule has 0 bridgehead atoms. The second kappa shape index (κ2) is 5.44. The van der Waals surface area contributed by atoms with Crippen molar-refractivity contribution in [2.75, 3.05) is 5.32 Å². The van der Waals surface area contributed by atoms with Gasteiger partial charge in [-0.15, -0.1) is 10.2 Å². The highest BCUT2D eigenvalue weighted by Gasteiger charge is 2.26. The van der Waals surface area contributed by atoms with Crippen LogP contribution in [0.5, 0.6) is 0 Å². The third-order valence-corrected chi connectivity index (χ3v) is 6.01. The topological polar surface area (TPSA) is 165 Å². The highest BCUT2D eigenvalue weighted by atomic mass is 32.2. The third-order valence-electron chi connectivity index (χ3n) is 3.86. The number of aryl methyl sites for hydroxylation is 2. The van der Waals surface area contributed by atoms with Gasteiger partial charge in [-0.2, -0.15) is 0 Å². The summed E-state index contributed by atoms with van der Waals surface area (Å²) in [6.07, 6.45) is 2.69. The van der Waals surface area contributed by atoms with E-state index in [0.29, 0.717) is 20.9 Å². The van der Waals surface area contributed by atoms with Gasteiger partial charge in [0.1, 0.15) is 0 Å². The molecule has 0 aliphatic heterocycles. The predicted molar refractivity (Wildman–Crippen MR) is 86.3 cm³/mol. The monoisotopic (exact) mass is 381 g/mol. The molecule has 3 aromatic rings. The van der Waals surface area contributed by atoms with Crippen molar-refractivity contribution in [3.05, 3.63) is 33.7 Å². The average molecular weight is 381 g/mol. The largest absolute Gasteiger partial charge is 0.739 e. The van der Waals surface area contributed by atoms with E-state index in [1.165, 1.54) is 0 Å². The van der Waals surface area contributed by atoms with Crippen LogP contribution in [0.15, 0.2) is 16.5 Å². The summed E-state index contributed by atoms with van der Waals surface area (Å²) in [5.74, 6) is -0.336. The normalized spacial score (nSPS) is 14.0. The van der Waals surface area contributed by atoms with Crippen molar-refractivity contribution >= 4 is 43.5 Å². The van der Waals surface area contributed by atoms with E-state index in [-0.39, 0.29) is 22.1 Å². The summed E-state index contributed by atoms with van der Waals surface area (Å²) in [7, 11) is -4.00. The first-order valence-corrected chi connectivity index (χ1v) is 9.51. The molecule has 3 N–H and O–H groups in total. The Bertz CT molecular complexity index is 1110. The number of sulfonamides is 1. The van der Waals surface area contributed by atoms with Crippen LogP contribution in [0.3, 0.4) is 0 Å². The van der Waals surface area contributed by atoms with E-state index in [1.807, 2.05) is 0 Å². The zero-order valence-corrected chi connectivity index (χ0v) is 14.2. The number of rotatable bonds is 3. The van der Waals surface area contributed by atoms with Gasteiger partial charge in [-0.25, -0.2) is 23.6 Å². The van der Waals surface area contributed by atoms with Gasteiger partial charge in [0.05, 0.1) is 0 Å². The van der Waals surface area contributed by atoms with Gasteiger partial charge in [0.15, 0.2) is 5.52 Å². The number of fused-ring (bicyclic) bond motifs is 2. The molecular weight excluding hydrogens is 370 g/mol. The van der Waals surface area contributed by atoms with Gasteiger partial charge < -0.3 is 10.4 Å². The molecule has 25 heavy (non-hydrogen) atoms. The fourth-order valence-corrected chi connectivity index (χ4v) is 4.08. The molecule has 4 rings (SSSR count). The summed E-state index contributed by atoms with van der Waals surface area (Å²) in [4.78, 5) is 0.353. The molecule has 11 nitrogen and oxygen atoms in total. The van der Waals surface area contributed by atoms with Crippen LogP contribution in [0, 0.1) is 10.4 Å². The maximum absolute atomic E-state index is 12.5. The van der Waals surface area contributed by atoms with Crippen molar-refractivity contribution < 1.29 is 18.0 Å². The molecule has 2 heterocycles. The number of hydrogen-bond acceptors (Lipinski definition) is 9. The molecule has 130 valence electrons. The Morgan fingerprint density at radius 3 is 2.48 bits per heavy atom. The average Bonchev–Trinajstić information content (AvgIpc) is 3.19. The first kappa shape index (κ1) is 15.9. The zero-order valence-electron chi connectivity index (χ0n) is 12.5. The summed E-state index contributed by atoms with van der Waals surface area (Å²) in [5, 5.41) is 42.8. The van der Waals surface area contributed by atoms with Crippen LogP contribution in [0.2, 0.25) is 0 Å². The number of anilines is 2. The molecule has 0 radical (unpaired) electrons. The molecule has 0 atom stereocenters. The first-order chi connectivity index (χ1) is 11.8. The van der Waals surface area contributed by atoms with Crippen molar-refractivity contribution in [2.45, 2.75) is 23.6 Å². The fraction of sp³-hybridized carbons (Fsp3) is 0.250.